The first kappa shape index (κ1) is 18.5. The molecular weight excluding hydrogens is 348 g/mol. The molecule has 5 nitrogen and oxygen atoms in total. The molecule has 1 heterocycles. The van der Waals surface area contributed by atoms with Gasteiger partial charge in [-0.3, -0.25) is 0 Å². The van der Waals surface area contributed by atoms with Gasteiger partial charge in [0.05, 0.1) is 17.5 Å². The maximum Gasteiger partial charge on any atom is 0.268 e. The Kier molecular flexibility index (Phi) is 4.82. The van der Waals surface area contributed by atoms with Gasteiger partial charge >= 0.3 is 0 Å². The fourth-order valence-electron chi connectivity index (χ4n) is 3.16. The summed E-state index contributed by atoms with van der Waals surface area (Å²) in [5.41, 5.74) is 9.03. The van der Waals surface area contributed by atoms with E-state index in [2.05, 4.69) is 13.8 Å². The Morgan fingerprint density at radius 1 is 1.12 bits per heavy atom. The normalized spacial score (nSPS) is 12.1. The molecule has 0 radical (unpaired) electrons. The first-order valence-electron chi connectivity index (χ1n) is 8.54. The number of nitrogens with two attached hydrogens (primary N) is 1. The maximum absolute atomic E-state index is 13.3. The number of aromatic nitrogens is 1. The smallest absolute Gasteiger partial charge is 0.268 e. The van der Waals surface area contributed by atoms with Crippen LogP contribution in [0.5, 0.6) is 5.75 Å². The van der Waals surface area contributed by atoms with E-state index in [0.717, 1.165) is 16.5 Å². The van der Waals surface area contributed by atoms with Crippen LogP contribution in [0.1, 0.15) is 36.6 Å². The van der Waals surface area contributed by atoms with E-state index in [4.69, 9.17) is 10.5 Å². The molecule has 0 aliphatic carbocycles. The lowest BCUT2D eigenvalue weighted by atomic mass is 10.0. The van der Waals surface area contributed by atoms with Crippen molar-refractivity contribution in [3.63, 3.8) is 0 Å². The van der Waals surface area contributed by atoms with Crippen LogP contribution in [0.4, 0.5) is 0 Å². The van der Waals surface area contributed by atoms with Gasteiger partial charge < -0.3 is 10.5 Å². The van der Waals surface area contributed by atoms with E-state index >= 15 is 0 Å². The van der Waals surface area contributed by atoms with Gasteiger partial charge in [-0.05, 0) is 42.7 Å². The minimum Gasteiger partial charge on any atom is -0.496 e. The third-order valence-electron chi connectivity index (χ3n) is 4.57. The maximum atomic E-state index is 13.3. The van der Waals surface area contributed by atoms with Gasteiger partial charge in [-0.1, -0.05) is 31.5 Å². The molecule has 0 saturated carbocycles. The average molecular weight is 372 g/mol. The Hall–Kier alpha value is -2.31. The number of aryl methyl sites for hydroxylation is 1. The van der Waals surface area contributed by atoms with Crippen LogP contribution < -0.4 is 10.5 Å². The molecule has 0 amide bonds. The minimum atomic E-state index is -3.76. The minimum absolute atomic E-state index is 0.124. The predicted octanol–water partition coefficient (Wildman–Crippen LogP) is 3.78. The molecule has 6 heteroatoms. The molecule has 0 aliphatic heterocycles. The summed E-state index contributed by atoms with van der Waals surface area (Å²) in [5, 5.41) is 0.839. The molecule has 0 atom stereocenters. The summed E-state index contributed by atoms with van der Waals surface area (Å²) in [6.45, 7) is 6.20. The van der Waals surface area contributed by atoms with E-state index in [9.17, 15) is 8.42 Å². The standard InChI is InChI=1S/C20H24N2O3S/c1-13(2)18-10-15-9-16(12-21)22(19(15)11-20(18)25-4)26(23,24)17-7-5-14(3)6-8-17/h5-11,13H,12,21H2,1-4H3. The summed E-state index contributed by atoms with van der Waals surface area (Å²) in [6, 6.07) is 12.4. The van der Waals surface area contributed by atoms with E-state index in [1.807, 2.05) is 19.1 Å². The van der Waals surface area contributed by atoms with Crippen LogP contribution in [-0.2, 0) is 16.6 Å². The molecule has 1 aromatic heterocycles. The van der Waals surface area contributed by atoms with Crippen molar-refractivity contribution in [1.29, 1.82) is 0 Å². The number of nitrogens with zero attached hydrogens (tertiary/aromatic N) is 1. The second-order valence-corrected chi connectivity index (χ2v) is 8.52. The van der Waals surface area contributed by atoms with Crippen molar-refractivity contribution in [2.75, 3.05) is 7.11 Å². The van der Waals surface area contributed by atoms with Gasteiger partial charge in [0.1, 0.15) is 5.75 Å². The van der Waals surface area contributed by atoms with E-state index in [0.29, 0.717) is 17.0 Å². The second kappa shape index (κ2) is 6.78. The first-order chi connectivity index (χ1) is 12.3. The van der Waals surface area contributed by atoms with Crippen molar-refractivity contribution in [1.82, 2.24) is 3.97 Å². The van der Waals surface area contributed by atoms with E-state index in [1.165, 1.54) is 3.97 Å². The van der Waals surface area contributed by atoms with Crippen LogP contribution in [0.15, 0.2) is 47.4 Å². The lowest BCUT2D eigenvalue weighted by Crippen LogP contribution is -2.17. The van der Waals surface area contributed by atoms with Crippen LogP contribution >= 0.6 is 0 Å². The number of hydrogen-bond donors (Lipinski definition) is 1. The summed E-state index contributed by atoms with van der Waals surface area (Å²) in [7, 11) is -2.16. The summed E-state index contributed by atoms with van der Waals surface area (Å²) < 4.78 is 33.4. The van der Waals surface area contributed by atoms with Crippen LogP contribution in [-0.4, -0.2) is 19.5 Å². The molecule has 0 spiro atoms. The molecular formula is C20H24N2O3S. The highest BCUT2D eigenvalue weighted by atomic mass is 32.2. The highest BCUT2D eigenvalue weighted by molar-refractivity contribution is 7.90. The number of rotatable bonds is 5. The van der Waals surface area contributed by atoms with E-state index in [-0.39, 0.29) is 17.4 Å². The lowest BCUT2D eigenvalue weighted by Gasteiger charge is -2.14. The van der Waals surface area contributed by atoms with Gasteiger partial charge in [0.25, 0.3) is 10.0 Å². The van der Waals surface area contributed by atoms with Gasteiger partial charge in [0.15, 0.2) is 0 Å². The number of benzene rings is 2. The van der Waals surface area contributed by atoms with Crippen molar-refractivity contribution in [3.05, 3.63) is 59.3 Å². The monoisotopic (exact) mass is 372 g/mol. The largest absolute Gasteiger partial charge is 0.496 e. The molecule has 2 aromatic carbocycles. The molecule has 2 N–H and O–H groups in total. The van der Waals surface area contributed by atoms with Crippen LogP contribution in [0, 0.1) is 6.92 Å². The molecule has 138 valence electrons. The molecule has 3 rings (SSSR count). The average Bonchev–Trinajstić information content (AvgIpc) is 2.99. The summed E-state index contributed by atoms with van der Waals surface area (Å²) >= 11 is 0. The fourth-order valence-corrected chi connectivity index (χ4v) is 4.70. The molecule has 0 aliphatic rings. The topological polar surface area (TPSA) is 74.3 Å². The first-order valence-corrected chi connectivity index (χ1v) is 9.98. The molecule has 0 bridgehead atoms. The SMILES string of the molecule is COc1cc2c(cc1C(C)C)cc(CN)n2S(=O)(=O)c1ccc(C)cc1. The Morgan fingerprint density at radius 3 is 2.31 bits per heavy atom. The Morgan fingerprint density at radius 2 is 1.77 bits per heavy atom. The number of ether oxygens (including phenoxy) is 1. The van der Waals surface area contributed by atoms with Crippen molar-refractivity contribution >= 4 is 20.9 Å². The zero-order chi connectivity index (χ0) is 19.1. The van der Waals surface area contributed by atoms with Gasteiger partial charge in [0.2, 0.25) is 0 Å². The van der Waals surface area contributed by atoms with Crippen LogP contribution in [0.2, 0.25) is 0 Å². The number of fused-ring (bicyclic) bond motifs is 1. The van der Waals surface area contributed by atoms with Crippen molar-refractivity contribution in [2.45, 2.75) is 38.1 Å². The van der Waals surface area contributed by atoms with E-state index in [1.54, 1.807) is 37.4 Å². The quantitative estimate of drug-likeness (QED) is 0.740. The summed E-state index contributed by atoms with van der Waals surface area (Å²) in [5.74, 6) is 0.933. The molecule has 0 fully saturated rings. The highest BCUT2D eigenvalue weighted by Crippen LogP contribution is 2.34. The predicted molar refractivity (Wildman–Crippen MR) is 104 cm³/mol. The second-order valence-electron chi connectivity index (χ2n) is 6.73. The molecule has 26 heavy (non-hydrogen) atoms. The Labute approximate surface area is 154 Å². The highest BCUT2D eigenvalue weighted by Gasteiger charge is 2.24. The van der Waals surface area contributed by atoms with Crippen molar-refractivity contribution < 1.29 is 13.2 Å². The Bertz CT molecular complexity index is 1050. The molecule has 0 saturated heterocycles. The van der Waals surface area contributed by atoms with Crippen molar-refractivity contribution in [3.8, 4) is 5.75 Å². The van der Waals surface area contributed by atoms with Crippen LogP contribution in [0.3, 0.4) is 0 Å². The zero-order valence-electron chi connectivity index (χ0n) is 15.5. The van der Waals surface area contributed by atoms with Gasteiger partial charge in [-0.2, -0.15) is 0 Å². The van der Waals surface area contributed by atoms with E-state index < -0.39 is 10.0 Å². The molecule has 0 unspecified atom stereocenters. The molecule has 3 aromatic rings. The van der Waals surface area contributed by atoms with Gasteiger partial charge in [-0.25, -0.2) is 12.4 Å². The lowest BCUT2D eigenvalue weighted by molar-refractivity contribution is 0.408. The van der Waals surface area contributed by atoms with Crippen LogP contribution in [0.25, 0.3) is 10.9 Å². The number of hydrogen-bond acceptors (Lipinski definition) is 4. The Balaban J connectivity index is 2.32. The summed E-state index contributed by atoms with van der Waals surface area (Å²) in [4.78, 5) is 0.238. The van der Waals surface area contributed by atoms with Gasteiger partial charge in [-0.15, -0.1) is 0 Å². The fraction of sp³-hybridized carbons (Fsp3) is 0.300. The summed E-state index contributed by atoms with van der Waals surface area (Å²) in [6.07, 6.45) is 0. The van der Waals surface area contributed by atoms with Gasteiger partial charge in [0, 0.05) is 23.7 Å². The third kappa shape index (κ3) is 2.99. The third-order valence-corrected chi connectivity index (χ3v) is 6.35. The van der Waals surface area contributed by atoms with Crippen molar-refractivity contribution in [2.24, 2.45) is 5.73 Å². The number of methoxy groups -OCH3 is 1. The zero-order valence-corrected chi connectivity index (χ0v) is 16.3.